The Labute approximate surface area is 142 Å². The number of likely N-dealkylation sites (tertiary alicyclic amines) is 1. The molecule has 4 rings (SSSR count). The van der Waals surface area contributed by atoms with E-state index in [-0.39, 0.29) is 24.4 Å². The molecule has 0 spiro atoms. The van der Waals surface area contributed by atoms with Crippen molar-refractivity contribution in [3.05, 3.63) is 29.3 Å². The van der Waals surface area contributed by atoms with Gasteiger partial charge in [0.05, 0.1) is 27.9 Å². The smallest absolute Gasteiger partial charge is 0.242 e. The Balaban J connectivity index is 1.53. The van der Waals surface area contributed by atoms with Gasteiger partial charge >= 0.3 is 0 Å². The van der Waals surface area contributed by atoms with E-state index in [0.29, 0.717) is 11.6 Å². The lowest BCUT2D eigenvalue weighted by Gasteiger charge is -2.25. The molecule has 2 fully saturated rings. The quantitative estimate of drug-likeness (QED) is 0.856. The van der Waals surface area contributed by atoms with E-state index in [1.807, 2.05) is 23.1 Å². The van der Waals surface area contributed by atoms with E-state index < -0.39 is 0 Å². The van der Waals surface area contributed by atoms with Gasteiger partial charge in [-0.15, -0.1) is 23.1 Å². The molecule has 0 saturated carbocycles. The highest BCUT2D eigenvalue weighted by molar-refractivity contribution is 8.00. The Morgan fingerprint density at radius 1 is 1.35 bits per heavy atom. The first kappa shape index (κ1) is 15.0. The van der Waals surface area contributed by atoms with Crippen LogP contribution in [0.5, 0.6) is 0 Å². The summed E-state index contributed by atoms with van der Waals surface area (Å²) in [7, 11) is 0. The molecule has 1 aromatic heterocycles. The first-order chi connectivity index (χ1) is 11.2. The van der Waals surface area contributed by atoms with Crippen LogP contribution in [-0.4, -0.2) is 51.3 Å². The Morgan fingerprint density at radius 2 is 2.22 bits per heavy atom. The predicted molar refractivity (Wildman–Crippen MR) is 92.3 cm³/mol. The van der Waals surface area contributed by atoms with Crippen molar-refractivity contribution < 1.29 is 9.59 Å². The Hall–Kier alpha value is -1.60. The number of nitrogens with zero attached hydrogens (tertiary/aromatic N) is 3. The number of thiazole rings is 1. The van der Waals surface area contributed by atoms with Crippen LogP contribution in [0, 0.1) is 0 Å². The number of carbonyl (C=O) groups excluding carboxylic acids is 2. The van der Waals surface area contributed by atoms with E-state index in [1.54, 1.807) is 28.0 Å². The van der Waals surface area contributed by atoms with Crippen LogP contribution in [-0.2, 0) is 9.59 Å². The number of aromatic nitrogens is 1. The lowest BCUT2D eigenvalue weighted by molar-refractivity contribution is -0.138. The zero-order chi connectivity index (χ0) is 15.8. The minimum atomic E-state index is 0.0441. The lowest BCUT2D eigenvalue weighted by atomic mass is 10.2. The third-order valence-corrected chi connectivity index (χ3v) is 6.40. The monoisotopic (exact) mass is 347 g/mol. The maximum absolute atomic E-state index is 12.6. The van der Waals surface area contributed by atoms with Gasteiger partial charge in [0.15, 0.2) is 0 Å². The van der Waals surface area contributed by atoms with E-state index in [0.717, 1.165) is 34.6 Å². The van der Waals surface area contributed by atoms with Gasteiger partial charge in [0.2, 0.25) is 11.8 Å². The molecule has 2 amide bonds. The highest BCUT2D eigenvalue weighted by Crippen LogP contribution is 2.36. The molecule has 0 radical (unpaired) electrons. The molecule has 0 unspecified atom stereocenters. The molecular weight excluding hydrogens is 330 g/mol. The molecule has 5 nitrogen and oxygen atoms in total. The SMILES string of the molecule is O=C1CSCN1CC(=O)N1CCC[C@H]1c1nc2ccccc2s1. The van der Waals surface area contributed by atoms with Crippen molar-refractivity contribution in [3.8, 4) is 0 Å². The van der Waals surface area contributed by atoms with Crippen LogP contribution in [0.4, 0.5) is 0 Å². The fourth-order valence-electron chi connectivity index (χ4n) is 3.15. The minimum absolute atomic E-state index is 0.0441. The van der Waals surface area contributed by atoms with Gasteiger partial charge in [-0.2, -0.15) is 0 Å². The maximum Gasteiger partial charge on any atom is 0.242 e. The van der Waals surface area contributed by atoms with Gasteiger partial charge < -0.3 is 9.80 Å². The number of hydrogen-bond acceptors (Lipinski definition) is 5. The van der Waals surface area contributed by atoms with Crippen molar-refractivity contribution >= 4 is 45.1 Å². The molecule has 0 N–H and O–H groups in total. The second-order valence-corrected chi connectivity index (χ2v) is 7.85. The number of benzene rings is 1. The van der Waals surface area contributed by atoms with Gasteiger partial charge in [0.1, 0.15) is 11.6 Å². The molecule has 120 valence electrons. The molecule has 23 heavy (non-hydrogen) atoms. The fraction of sp³-hybridized carbons (Fsp3) is 0.438. The normalized spacial score (nSPS) is 21.6. The number of para-hydroxylation sites is 1. The molecule has 2 aromatic rings. The minimum Gasteiger partial charge on any atom is -0.332 e. The molecule has 0 bridgehead atoms. The van der Waals surface area contributed by atoms with Crippen molar-refractivity contribution in [1.29, 1.82) is 0 Å². The Bertz CT molecular complexity index is 728. The van der Waals surface area contributed by atoms with Crippen molar-refractivity contribution in [2.24, 2.45) is 0 Å². The number of carbonyl (C=O) groups is 2. The number of amides is 2. The van der Waals surface area contributed by atoms with Crippen LogP contribution in [0.15, 0.2) is 24.3 Å². The van der Waals surface area contributed by atoms with Crippen molar-refractivity contribution in [1.82, 2.24) is 14.8 Å². The Morgan fingerprint density at radius 3 is 3.00 bits per heavy atom. The standard InChI is InChI=1S/C16H17N3O2S2/c20-14(8-18-10-22-9-15(18)21)19-7-3-5-12(19)16-17-11-4-1-2-6-13(11)23-16/h1-2,4,6,12H,3,5,7-10H2/t12-/m0/s1. The van der Waals surface area contributed by atoms with Crippen LogP contribution in [0.2, 0.25) is 0 Å². The number of thioether (sulfide) groups is 1. The van der Waals surface area contributed by atoms with Gasteiger partial charge in [-0.05, 0) is 25.0 Å². The van der Waals surface area contributed by atoms with Crippen molar-refractivity contribution in [3.63, 3.8) is 0 Å². The molecule has 2 aliphatic heterocycles. The first-order valence-corrected chi connectivity index (χ1v) is 9.70. The van der Waals surface area contributed by atoms with Crippen LogP contribution in [0.3, 0.4) is 0 Å². The summed E-state index contributed by atoms with van der Waals surface area (Å²) in [6, 6.07) is 8.14. The van der Waals surface area contributed by atoms with E-state index >= 15 is 0 Å². The summed E-state index contributed by atoms with van der Waals surface area (Å²) >= 11 is 3.24. The van der Waals surface area contributed by atoms with Gasteiger partial charge in [-0.3, -0.25) is 9.59 Å². The van der Waals surface area contributed by atoms with Crippen molar-refractivity contribution in [2.45, 2.75) is 18.9 Å². The molecular formula is C16H17N3O2S2. The van der Waals surface area contributed by atoms with E-state index in [2.05, 4.69) is 6.07 Å². The summed E-state index contributed by atoms with van der Waals surface area (Å²) in [5, 5.41) is 1.01. The van der Waals surface area contributed by atoms with Crippen LogP contribution >= 0.6 is 23.1 Å². The fourth-order valence-corrected chi connectivity index (χ4v) is 5.17. The summed E-state index contributed by atoms with van der Waals surface area (Å²) in [6.45, 7) is 0.960. The van der Waals surface area contributed by atoms with Crippen LogP contribution in [0.25, 0.3) is 10.2 Å². The molecule has 2 saturated heterocycles. The second kappa shape index (κ2) is 6.13. The second-order valence-electron chi connectivity index (χ2n) is 5.83. The van der Waals surface area contributed by atoms with Crippen molar-refractivity contribution in [2.75, 3.05) is 24.7 Å². The van der Waals surface area contributed by atoms with E-state index in [1.165, 1.54) is 0 Å². The molecule has 1 aromatic carbocycles. The lowest BCUT2D eigenvalue weighted by Crippen LogP contribution is -2.40. The average Bonchev–Trinajstić information content (AvgIpc) is 3.26. The largest absolute Gasteiger partial charge is 0.332 e. The number of fused-ring (bicyclic) bond motifs is 1. The summed E-state index contributed by atoms with van der Waals surface area (Å²) in [5.74, 6) is 1.24. The van der Waals surface area contributed by atoms with E-state index in [4.69, 9.17) is 4.98 Å². The number of rotatable bonds is 3. The highest BCUT2D eigenvalue weighted by Gasteiger charge is 2.34. The van der Waals surface area contributed by atoms with Gasteiger partial charge in [-0.1, -0.05) is 12.1 Å². The van der Waals surface area contributed by atoms with E-state index in [9.17, 15) is 9.59 Å². The maximum atomic E-state index is 12.6. The third-order valence-electron chi connectivity index (χ3n) is 4.32. The van der Waals surface area contributed by atoms with Gasteiger partial charge in [0, 0.05) is 6.54 Å². The van der Waals surface area contributed by atoms with Gasteiger partial charge in [-0.25, -0.2) is 4.98 Å². The molecule has 3 heterocycles. The molecule has 7 heteroatoms. The molecule has 1 atom stereocenters. The number of hydrogen-bond donors (Lipinski definition) is 0. The van der Waals surface area contributed by atoms with Crippen LogP contribution in [0.1, 0.15) is 23.9 Å². The predicted octanol–water partition coefficient (Wildman–Crippen LogP) is 2.49. The summed E-state index contributed by atoms with van der Waals surface area (Å²) in [5.41, 5.74) is 0.998. The molecule has 2 aliphatic rings. The third kappa shape index (κ3) is 2.83. The topological polar surface area (TPSA) is 53.5 Å². The Kier molecular flexibility index (Phi) is 3.98. The highest BCUT2D eigenvalue weighted by atomic mass is 32.2. The first-order valence-electron chi connectivity index (χ1n) is 7.73. The summed E-state index contributed by atoms with van der Waals surface area (Å²) < 4.78 is 1.16. The van der Waals surface area contributed by atoms with Gasteiger partial charge in [0.25, 0.3) is 0 Å². The summed E-state index contributed by atoms with van der Waals surface area (Å²) in [4.78, 5) is 32.6. The average molecular weight is 347 g/mol. The zero-order valence-corrected chi connectivity index (χ0v) is 14.2. The summed E-state index contributed by atoms with van der Waals surface area (Å²) in [6.07, 6.45) is 1.95. The van der Waals surface area contributed by atoms with Crippen LogP contribution < -0.4 is 0 Å². The zero-order valence-electron chi connectivity index (χ0n) is 12.6. The molecule has 0 aliphatic carbocycles.